The highest BCUT2D eigenvalue weighted by molar-refractivity contribution is 9.10. The molecule has 0 radical (unpaired) electrons. The van der Waals surface area contributed by atoms with Crippen molar-refractivity contribution in [1.82, 2.24) is 5.01 Å². The lowest BCUT2D eigenvalue weighted by atomic mass is 10.2. The van der Waals surface area contributed by atoms with Crippen LogP contribution in [0.3, 0.4) is 0 Å². The Bertz CT molecular complexity index is 316. The van der Waals surface area contributed by atoms with E-state index in [4.69, 9.17) is 23.8 Å². The molecule has 0 aliphatic heterocycles. The van der Waals surface area contributed by atoms with Gasteiger partial charge >= 0.3 is 0 Å². The third-order valence-electron chi connectivity index (χ3n) is 1.58. The summed E-state index contributed by atoms with van der Waals surface area (Å²) in [7, 11) is 0. The number of hydrazine groups is 1. The monoisotopic (exact) mass is 259 g/mol. The maximum absolute atomic E-state index is 5.56. The van der Waals surface area contributed by atoms with E-state index in [1.165, 1.54) is 5.01 Å². The summed E-state index contributed by atoms with van der Waals surface area (Å²) < 4.78 is 1.00. The van der Waals surface area contributed by atoms with Gasteiger partial charge in [-0.25, -0.2) is 5.84 Å². The number of nitrogens with two attached hydrogens (primary N) is 2. The van der Waals surface area contributed by atoms with Gasteiger partial charge in [0.2, 0.25) is 0 Å². The minimum atomic E-state index is 0.191. The van der Waals surface area contributed by atoms with Crippen LogP contribution in [0.4, 0.5) is 0 Å². The Balaban J connectivity index is 2.74. The van der Waals surface area contributed by atoms with E-state index in [0.717, 1.165) is 10.0 Å². The fourth-order valence-corrected chi connectivity index (χ4v) is 1.36. The normalized spacial score (nSPS) is 9.69. The molecule has 0 aliphatic carbocycles. The summed E-state index contributed by atoms with van der Waals surface area (Å²) in [5.41, 5.74) is 6.40. The molecular weight excluding hydrogens is 250 g/mol. The Morgan fingerprint density at radius 2 is 2.08 bits per heavy atom. The van der Waals surface area contributed by atoms with E-state index >= 15 is 0 Å². The van der Waals surface area contributed by atoms with Gasteiger partial charge in [0.15, 0.2) is 5.11 Å². The largest absolute Gasteiger partial charge is 0.375 e. The lowest BCUT2D eigenvalue weighted by Gasteiger charge is -2.16. The van der Waals surface area contributed by atoms with Crippen molar-refractivity contribution in [2.24, 2.45) is 11.6 Å². The minimum absolute atomic E-state index is 0.191. The summed E-state index contributed by atoms with van der Waals surface area (Å²) in [5.74, 6) is 5.56. The standard InChI is InChI=1S/C8H10BrN3S/c9-7-4-2-1-3-6(7)5-12(11)8(10)13/h1-4H,5,11H2,(H2,10,13). The van der Waals surface area contributed by atoms with Crippen molar-refractivity contribution < 1.29 is 0 Å². The van der Waals surface area contributed by atoms with Crippen molar-refractivity contribution in [3.63, 3.8) is 0 Å². The van der Waals surface area contributed by atoms with Crippen LogP contribution >= 0.6 is 28.1 Å². The molecule has 13 heavy (non-hydrogen) atoms. The molecule has 70 valence electrons. The van der Waals surface area contributed by atoms with E-state index in [0.29, 0.717) is 6.54 Å². The molecule has 0 aromatic heterocycles. The van der Waals surface area contributed by atoms with Crippen LogP contribution in [-0.2, 0) is 6.54 Å². The van der Waals surface area contributed by atoms with E-state index in [1.54, 1.807) is 0 Å². The molecule has 4 N–H and O–H groups in total. The maximum atomic E-state index is 5.56. The van der Waals surface area contributed by atoms with E-state index in [2.05, 4.69) is 15.9 Å². The molecule has 0 saturated carbocycles. The van der Waals surface area contributed by atoms with Crippen LogP contribution in [0.25, 0.3) is 0 Å². The maximum Gasteiger partial charge on any atom is 0.180 e. The van der Waals surface area contributed by atoms with Crippen LogP contribution in [0.2, 0.25) is 0 Å². The zero-order chi connectivity index (χ0) is 9.84. The van der Waals surface area contributed by atoms with Crippen molar-refractivity contribution in [2.45, 2.75) is 6.54 Å². The van der Waals surface area contributed by atoms with Gasteiger partial charge in [-0.1, -0.05) is 34.1 Å². The minimum Gasteiger partial charge on any atom is -0.375 e. The Labute approximate surface area is 90.8 Å². The van der Waals surface area contributed by atoms with Crippen LogP contribution in [0.15, 0.2) is 28.7 Å². The first kappa shape index (κ1) is 10.4. The molecule has 1 aromatic carbocycles. The van der Waals surface area contributed by atoms with Gasteiger partial charge in [0.25, 0.3) is 0 Å². The highest BCUT2D eigenvalue weighted by Crippen LogP contribution is 2.16. The molecule has 1 aromatic rings. The molecule has 3 nitrogen and oxygen atoms in total. The van der Waals surface area contributed by atoms with Crippen LogP contribution in [-0.4, -0.2) is 10.1 Å². The fraction of sp³-hybridized carbons (Fsp3) is 0.125. The molecule has 0 spiro atoms. The van der Waals surface area contributed by atoms with E-state index in [1.807, 2.05) is 24.3 Å². The van der Waals surface area contributed by atoms with Gasteiger partial charge in [-0.3, -0.25) is 5.01 Å². The van der Waals surface area contributed by atoms with Crippen LogP contribution in [0, 0.1) is 0 Å². The van der Waals surface area contributed by atoms with Gasteiger partial charge in [-0.05, 0) is 23.8 Å². The second-order valence-corrected chi connectivity index (χ2v) is 3.83. The highest BCUT2D eigenvalue weighted by atomic mass is 79.9. The number of benzene rings is 1. The van der Waals surface area contributed by atoms with Crippen molar-refractivity contribution in [2.75, 3.05) is 0 Å². The van der Waals surface area contributed by atoms with E-state index in [-0.39, 0.29) is 5.11 Å². The van der Waals surface area contributed by atoms with Crippen molar-refractivity contribution in [3.8, 4) is 0 Å². The molecule has 0 saturated heterocycles. The summed E-state index contributed by atoms with van der Waals surface area (Å²) in [5, 5.41) is 1.52. The molecule has 0 fully saturated rings. The smallest absolute Gasteiger partial charge is 0.180 e. The van der Waals surface area contributed by atoms with Gasteiger partial charge in [0, 0.05) is 4.47 Å². The number of thiocarbonyl (C=S) groups is 1. The molecule has 0 atom stereocenters. The summed E-state index contributed by atoms with van der Waals surface area (Å²) in [6, 6.07) is 7.79. The van der Waals surface area contributed by atoms with E-state index < -0.39 is 0 Å². The first-order chi connectivity index (χ1) is 6.11. The summed E-state index contributed by atoms with van der Waals surface area (Å²) in [4.78, 5) is 0. The topological polar surface area (TPSA) is 55.3 Å². The Morgan fingerprint density at radius 3 is 2.62 bits per heavy atom. The van der Waals surface area contributed by atoms with Crippen molar-refractivity contribution >= 4 is 33.3 Å². The lowest BCUT2D eigenvalue weighted by molar-refractivity contribution is 0.436. The van der Waals surface area contributed by atoms with Gasteiger partial charge in [0.1, 0.15) is 0 Å². The summed E-state index contributed by atoms with van der Waals surface area (Å²) in [6.45, 7) is 0.511. The number of rotatable bonds is 2. The number of nitrogens with zero attached hydrogens (tertiary/aromatic N) is 1. The predicted molar refractivity (Wildman–Crippen MR) is 60.7 cm³/mol. The average Bonchev–Trinajstić information content (AvgIpc) is 2.08. The first-order valence-electron chi connectivity index (χ1n) is 3.66. The summed E-state index contributed by atoms with van der Waals surface area (Å²) >= 11 is 8.13. The predicted octanol–water partition coefficient (Wildman–Crippen LogP) is 1.37. The molecule has 0 aliphatic rings. The lowest BCUT2D eigenvalue weighted by Crippen LogP contribution is -2.40. The molecule has 1 rings (SSSR count). The number of hydrogen-bond donors (Lipinski definition) is 2. The SMILES string of the molecule is NC(=S)N(N)Cc1ccccc1Br. The second kappa shape index (κ2) is 4.55. The molecule has 0 amide bonds. The Hall–Kier alpha value is -0.650. The van der Waals surface area contributed by atoms with Crippen molar-refractivity contribution in [1.29, 1.82) is 0 Å². The zero-order valence-corrected chi connectivity index (χ0v) is 9.31. The third kappa shape index (κ3) is 2.95. The highest BCUT2D eigenvalue weighted by Gasteiger charge is 2.03. The molecule has 0 bridgehead atoms. The van der Waals surface area contributed by atoms with Crippen LogP contribution in [0.5, 0.6) is 0 Å². The molecular formula is C8H10BrN3S. The molecule has 0 unspecified atom stereocenters. The van der Waals surface area contributed by atoms with E-state index in [9.17, 15) is 0 Å². The van der Waals surface area contributed by atoms with Gasteiger partial charge < -0.3 is 5.73 Å². The fourth-order valence-electron chi connectivity index (χ4n) is 0.888. The zero-order valence-electron chi connectivity index (χ0n) is 6.90. The van der Waals surface area contributed by atoms with Crippen LogP contribution in [0.1, 0.15) is 5.56 Å². The quantitative estimate of drug-likeness (QED) is 0.479. The second-order valence-electron chi connectivity index (χ2n) is 2.56. The summed E-state index contributed by atoms with van der Waals surface area (Å²) in [6.07, 6.45) is 0. The van der Waals surface area contributed by atoms with Crippen LogP contribution < -0.4 is 11.6 Å². The third-order valence-corrected chi connectivity index (χ3v) is 2.59. The Kier molecular flexibility index (Phi) is 3.65. The number of halogens is 1. The number of hydrogen-bond acceptors (Lipinski definition) is 2. The van der Waals surface area contributed by atoms with Gasteiger partial charge in [0.05, 0.1) is 6.54 Å². The molecule has 0 heterocycles. The van der Waals surface area contributed by atoms with Crippen molar-refractivity contribution in [3.05, 3.63) is 34.3 Å². The first-order valence-corrected chi connectivity index (χ1v) is 4.86. The average molecular weight is 260 g/mol. The van der Waals surface area contributed by atoms with Gasteiger partial charge in [-0.15, -0.1) is 0 Å². The van der Waals surface area contributed by atoms with Gasteiger partial charge in [-0.2, -0.15) is 0 Å². The Morgan fingerprint density at radius 1 is 1.46 bits per heavy atom. The molecule has 5 heteroatoms.